The van der Waals surface area contributed by atoms with Crippen LogP contribution in [0.15, 0.2) is 36.7 Å². The van der Waals surface area contributed by atoms with Gasteiger partial charge in [-0.15, -0.1) is 0 Å². The molecule has 144 valence electrons. The number of hydrogen-bond donors (Lipinski definition) is 1. The number of aromatic nitrogens is 2. The van der Waals surface area contributed by atoms with E-state index >= 15 is 0 Å². The Morgan fingerprint density at radius 3 is 2.26 bits per heavy atom. The van der Waals surface area contributed by atoms with Gasteiger partial charge >= 0.3 is 0 Å². The van der Waals surface area contributed by atoms with Crippen LogP contribution < -0.4 is 5.32 Å². The fourth-order valence-electron chi connectivity index (χ4n) is 4.83. The van der Waals surface area contributed by atoms with Crippen LogP contribution in [0.25, 0.3) is 0 Å². The van der Waals surface area contributed by atoms with Crippen molar-refractivity contribution >= 4 is 11.6 Å². The van der Waals surface area contributed by atoms with E-state index in [-0.39, 0.29) is 16.7 Å². The Bertz CT molecular complexity index is 825. The zero-order valence-electron chi connectivity index (χ0n) is 16.7. The number of hydrogen-bond acceptors (Lipinski definition) is 4. The van der Waals surface area contributed by atoms with E-state index in [2.05, 4.69) is 36.2 Å². The van der Waals surface area contributed by atoms with Gasteiger partial charge in [0.15, 0.2) is 0 Å². The van der Waals surface area contributed by atoms with Gasteiger partial charge in [-0.3, -0.25) is 9.48 Å². The Morgan fingerprint density at radius 2 is 1.70 bits per heavy atom. The van der Waals surface area contributed by atoms with Crippen LogP contribution in [0.1, 0.15) is 29.8 Å². The molecule has 4 rings (SSSR count). The van der Waals surface area contributed by atoms with Gasteiger partial charge in [0.25, 0.3) is 5.91 Å². The molecule has 1 N–H and O–H groups in total. The monoisotopic (exact) mass is 367 g/mol. The summed E-state index contributed by atoms with van der Waals surface area (Å²) >= 11 is 0. The Kier molecular flexibility index (Phi) is 4.26. The molecule has 1 aromatic carbocycles. The molecule has 1 amide bonds. The van der Waals surface area contributed by atoms with Crippen molar-refractivity contribution in [2.75, 3.05) is 38.5 Å². The molecular weight excluding hydrogens is 338 g/mol. The highest BCUT2D eigenvalue weighted by Crippen LogP contribution is 2.51. The van der Waals surface area contributed by atoms with Crippen LogP contribution in [-0.4, -0.2) is 58.7 Å². The molecule has 2 unspecified atom stereocenters. The van der Waals surface area contributed by atoms with E-state index in [9.17, 15) is 4.79 Å². The average molecular weight is 367 g/mol. The summed E-state index contributed by atoms with van der Waals surface area (Å²) in [5, 5.41) is 7.55. The van der Waals surface area contributed by atoms with Crippen molar-refractivity contribution in [2.24, 2.45) is 17.9 Å². The van der Waals surface area contributed by atoms with Crippen LogP contribution in [0.3, 0.4) is 0 Å². The number of anilines is 1. The number of nitrogens with zero attached hydrogens (tertiary/aromatic N) is 4. The van der Waals surface area contributed by atoms with Crippen LogP contribution in [0.4, 0.5) is 5.69 Å². The lowest BCUT2D eigenvalue weighted by atomic mass is 9.71. The van der Waals surface area contributed by atoms with Gasteiger partial charge in [-0.2, -0.15) is 5.10 Å². The zero-order valence-corrected chi connectivity index (χ0v) is 16.7. The Labute approximate surface area is 161 Å². The molecule has 0 bridgehead atoms. The highest BCUT2D eigenvalue weighted by atomic mass is 16.2. The Balaban J connectivity index is 1.40. The molecule has 3 heterocycles. The van der Waals surface area contributed by atoms with Crippen LogP contribution in [0.2, 0.25) is 0 Å². The molecule has 2 fully saturated rings. The van der Waals surface area contributed by atoms with E-state index in [4.69, 9.17) is 0 Å². The minimum Gasteiger partial charge on any atom is -0.381 e. The smallest absolute Gasteiger partial charge is 0.253 e. The number of aryl methyl sites for hydroxylation is 1. The van der Waals surface area contributed by atoms with Gasteiger partial charge in [0.2, 0.25) is 0 Å². The summed E-state index contributed by atoms with van der Waals surface area (Å²) in [6.45, 7) is 9.18. The van der Waals surface area contributed by atoms with E-state index in [1.54, 1.807) is 4.68 Å². The maximum absolute atomic E-state index is 13.0. The highest BCUT2D eigenvalue weighted by molar-refractivity contribution is 5.95. The number of likely N-dealkylation sites (tertiary alicyclic amines) is 2. The normalized spacial score (nSPS) is 27.8. The maximum Gasteiger partial charge on any atom is 0.253 e. The summed E-state index contributed by atoms with van der Waals surface area (Å²) in [5.74, 6) is 0.147. The molecule has 2 saturated heterocycles. The van der Waals surface area contributed by atoms with Gasteiger partial charge in [0.05, 0.1) is 6.20 Å². The summed E-state index contributed by atoms with van der Waals surface area (Å²) in [5.41, 5.74) is 3.27. The number of carbonyl (C=O) groups excluding carboxylic acids is 1. The molecule has 2 aromatic rings. The summed E-state index contributed by atoms with van der Waals surface area (Å²) in [6, 6.07) is 7.83. The number of benzene rings is 1. The number of nitrogens with one attached hydrogen (secondary N) is 1. The second-order valence-electron chi connectivity index (χ2n) is 8.91. The van der Waals surface area contributed by atoms with Crippen molar-refractivity contribution < 1.29 is 4.79 Å². The van der Waals surface area contributed by atoms with Crippen LogP contribution in [0, 0.1) is 10.8 Å². The molecule has 1 aromatic heterocycles. The zero-order chi connectivity index (χ0) is 19.2. The molecule has 0 spiro atoms. The molecular formula is C21H29N5O. The standard InChI is InChI=1S/C21H29N5O/c1-20-12-24(3)13-21(20,2)15-26(14-20)19(27)17-5-7-18(8-6-17)22-9-16-10-23-25(4)11-16/h5-8,10-11,22H,9,12-15H2,1-4H3. The van der Waals surface area contributed by atoms with E-state index < -0.39 is 0 Å². The molecule has 6 nitrogen and oxygen atoms in total. The van der Waals surface area contributed by atoms with Crippen LogP contribution in [0.5, 0.6) is 0 Å². The lowest BCUT2D eigenvalue weighted by Gasteiger charge is -2.30. The predicted octanol–water partition coefficient (Wildman–Crippen LogP) is 2.45. The number of fused-ring (bicyclic) bond motifs is 1. The molecule has 2 atom stereocenters. The van der Waals surface area contributed by atoms with E-state index in [1.807, 2.05) is 48.6 Å². The highest BCUT2D eigenvalue weighted by Gasteiger charge is 2.57. The van der Waals surface area contributed by atoms with Gasteiger partial charge in [0, 0.05) is 73.6 Å². The molecule has 2 aliphatic rings. The summed E-state index contributed by atoms with van der Waals surface area (Å²) in [7, 11) is 4.09. The van der Waals surface area contributed by atoms with Crippen molar-refractivity contribution in [3.05, 3.63) is 47.8 Å². The maximum atomic E-state index is 13.0. The van der Waals surface area contributed by atoms with Gasteiger partial charge in [-0.1, -0.05) is 13.8 Å². The largest absolute Gasteiger partial charge is 0.381 e. The fraction of sp³-hybridized carbons (Fsp3) is 0.524. The number of amides is 1. The molecule has 2 aliphatic heterocycles. The minimum atomic E-state index is 0.147. The SMILES string of the molecule is CN1CC2(C)CN(C(=O)c3ccc(NCc4cnn(C)c4)cc3)CC2(C)C1. The fourth-order valence-corrected chi connectivity index (χ4v) is 4.83. The average Bonchev–Trinajstić information content (AvgIpc) is 3.20. The number of carbonyl (C=O) groups is 1. The summed E-state index contributed by atoms with van der Waals surface area (Å²) < 4.78 is 1.79. The van der Waals surface area contributed by atoms with Crippen molar-refractivity contribution in [1.82, 2.24) is 19.6 Å². The second kappa shape index (κ2) is 6.37. The third kappa shape index (κ3) is 3.23. The van der Waals surface area contributed by atoms with Crippen molar-refractivity contribution in [1.29, 1.82) is 0 Å². The Morgan fingerprint density at radius 1 is 1.07 bits per heavy atom. The summed E-state index contributed by atoms with van der Waals surface area (Å²) in [6.07, 6.45) is 3.85. The summed E-state index contributed by atoms with van der Waals surface area (Å²) in [4.78, 5) is 17.5. The third-order valence-corrected chi connectivity index (χ3v) is 6.45. The molecule has 6 heteroatoms. The van der Waals surface area contributed by atoms with Gasteiger partial charge < -0.3 is 15.1 Å². The van der Waals surface area contributed by atoms with Crippen molar-refractivity contribution in [3.63, 3.8) is 0 Å². The van der Waals surface area contributed by atoms with Crippen LogP contribution in [-0.2, 0) is 13.6 Å². The van der Waals surface area contributed by atoms with Gasteiger partial charge in [0.1, 0.15) is 0 Å². The van der Waals surface area contributed by atoms with E-state index in [1.165, 1.54) is 0 Å². The second-order valence-corrected chi connectivity index (χ2v) is 8.91. The first-order chi connectivity index (χ1) is 12.8. The first-order valence-electron chi connectivity index (χ1n) is 9.57. The van der Waals surface area contributed by atoms with Crippen LogP contribution >= 0.6 is 0 Å². The number of rotatable bonds is 4. The van der Waals surface area contributed by atoms with E-state index in [0.717, 1.165) is 49.5 Å². The topological polar surface area (TPSA) is 53.4 Å². The lowest BCUT2D eigenvalue weighted by molar-refractivity contribution is 0.0761. The minimum absolute atomic E-state index is 0.147. The Hall–Kier alpha value is -2.34. The van der Waals surface area contributed by atoms with Crippen molar-refractivity contribution in [2.45, 2.75) is 20.4 Å². The molecule has 0 radical (unpaired) electrons. The first kappa shape index (κ1) is 18.0. The third-order valence-electron chi connectivity index (χ3n) is 6.45. The predicted molar refractivity (Wildman–Crippen MR) is 107 cm³/mol. The lowest BCUT2D eigenvalue weighted by Crippen LogP contribution is -2.34. The first-order valence-corrected chi connectivity index (χ1v) is 9.57. The molecule has 0 saturated carbocycles. The van der Waals surface area contributed by atoms with Gasteiger partial charge in [-0.05, 0) is 31.3 Å². The quantitative estimate of drug-likeness (QED) is 0.902. The van der Waals surface area contributed by atoms with Crippen molar-refractivity contribution in [3.8, 4) is 0 Å². The molecule has 27 heavy (non-hydrogen) atoms. The molecule has 0 aliphatic carbocycles. The van der Waals surface area contributed by atoms with E-state index in [0.29, 0.717) is 0 Å². The van der Waals surface area contributed by atoms with Gasteiger partial charge in [-0.25, -0.2) is 0 Å².